The van der Waals surface area contributed by atoms with Crippen molar-refractivity contribution in [1.82, 2.24) is 5.32 Å². The molecule has 4 nitrogen and oxygen atoms in total. The molecule has 0 aliphatic rings. The van der Waals surface area contributed by atoms with Crippen molar-refractivity contribution in [1.29, 1.82) is 0 Å². The maximum Gasteiger partial charge on any atom is 0.220 e. The Balaban J connectivity index is 2.27. The van der Waals surface area contributed by atoms with Crippen LogP contribution >= 0.6 is 0 Å². The topological polar surface area (TPSA) is 68.3 Å². The molecule has 0 aromatic carbocycles. The van der Waals surface area contributed by atoms with Crippen LogP contribution in [0, 0.1) is 11.8 Å². The summed E-state index contributed by atoms with van der Waals surface area (Å²) in [6.07, 6.45) is 3.09. The highest BCUT2D eigenvalue weighted by molar-refractivity contribution is 5.76. The standard InChI is InChI=1S/C13H22N2O2/c1-10(2)6-11(8-14)7-13(16)15-9-12-4-3-5-17-12/h3-5,10-11H,6-9,14H2,1-2H3,(H,15,16)/t11-/m0/s1. The van der Waals surface area contributed by atoms with Gasteiger partial charge in [-0.05, 0) is 36.9 Å². The molecule has 1 rings (SSSR count). The largest absolute Gasteiger partial charge is 0.467 e. The van der Waals surface area contributed by atoms with Crippen LogP contribution in [0.1, 0.15) is 32.4 Å². The summed E-state index contributed by atoms with van der Waals surface area (Å²) in [5.41, 5.74) is 5.66. The highest BCUT2D eigenvalue weighted by Crippen LogP contribution is 2.14. The van der Waals surface area contributed by atoms with E-state index in [4.69, 9.17) is 10.2 Å². The van der Waals surface area contributed by atoms with Crippen molar-refractivity contribution in [2.45, 2.75) is 33.2 Å². The third-order valence-corrected chi connectivity index (χ3v) is 2.65. The first-order chi connectivity index (χ1) is 8.11. The third kappa shape index (κ3) is 5.54. The van der Waals surface area contributed by atoms with E-state index >= 15 is 0 Å². The van der Waals surface area contributed by atoms with Crippen molar-refractivity contribution in [3.63, 3.8) is 0 Å². The highest BCUT2D eigenvalue weighted by atomic mass is 16.3. The van der Waals surface area contributed by atoms with Crippen LogP contribution in [-0.2, 0) is 11.3 Å². The fraction of sp³-hybridized carbons (Fsp3) is 0.615. The van der Waals surface area contributed by atoms with Gasteiger partial charge >= 0.3 is 0 Å². The minimum atomic E-state index is 0.0394. The Morgan fingerprint density at radius 3 is 2.82 bits per heavy atom. The molecule has 0 bridgehead atoms. The number of amides is 1. The maximum atomic E-state index is 11.7. The first-order valence-electron chi connectivity index (χ1n) is 6.11. The zero-order valence-corrected chi connectivity index (χ0v) is 10.6. The van der Waals surface area contributed by atoms with Crippen LogP contribution in [0.2, 0.25) is 0 Å². The van der Waals surface area contributed by atoms with Crippen LogP contribution in [-0.4, -0.2) is 12.5 Å². The maximum absolute atomic E-state index is 11.7. The monoisotopic (exact) mass is 238 g/mol. The molecule has 17 heavy (non-hydrogen) atoms. The minimum Gasteiger partial charge on any atom is -0.467 e. The quantitative estimate of drug-likeness (QED) is 0.762. The van der Waals surface area contributed by atoms with E-state index in [1.54, 1.807) is 6.26 Å². The molecule has 0 aliphatic heterocycles. The number of carbonyl (C=O) groups excluding carboxylic acids is 1. The van der Waals surface area contributed by atoms with E-state index in [2.05, 4.69) is 19.2 Å². The summed E-state index contributed by atoms with van der Waals surface area (Å²) >= 11 is 0. The summed E-state index contributed by atoms with van der Waals surface area (Å²) in [7, 11) is 0. The van der Waals surface area contributed by atoms with Crippen LogP contribution in [0.4, 0.5) is 0 Å². The van der Waals surface area contributed by atoms with Gasteiger partial charge in [-0.1, -0.05) is 13.8 Å². The Labute approximate surface area is 103 Å². The van der Waals surface area contributed by atoms with Crippen molar-refractivity contribution >= 4 is 5.91 Å². The van der Waals surface area contributed by atoms with E-state index in [-0.39, 0.29) is 11.8 Å². The number of hydrogen-bond acceptors (Lipinski definition) is 3. The third-order valence-electron chi connectivity index (χ3n) is 2.65. The van der Waals surface area contributed by atoms with Crippen LogP contribution in [0.15, 0.2) is 22.8 Å². The van der Waals surface area contributed by atoms with Gasteiger partial charge in [0.25, 0.3) is 0 Å². The Morgan fingerprint density at radius 2 is 2.29 bits per heavy atom. The van der Waals surface area contributed by atoms with Gasteiger partial charge in [0.1, 0.15) is 5.76 Å². The van der Waals surface area contributed by atoms with Gasteiger partial charge < -0.3 is 15.5 Å². The Bertz CT molecular complexity index is 320. The number of nitrogens with one attached hydrogen (secondary N) is 1. The Kier molecular flexibility index (Phi) is 5.77. The van der Waals surface area contributed by atoms with Gasteiger partial charge in [-0.3, -0.25) is 4.79 Å². The van der Waals surface area contributed by atoms with Crippen LogP contribution in [0.3, 0.4) is 0 Å². The highest BCUT2D eigenvalue weighted by Gasteiger charge is 2.13. The predicted octanol–water partition coefficient (Wildman–Crippen LogP) is 1.91. The molecular weight excluding hydrogens is 216 g/mol. The van der Waals surface area contributed by atoms with Crippen molar-refractivity contribution in [2.24, 2.45) is 17.6 Å². The molecule has 0 radical (unpaired) electrons. The molecule has 1 atom stereocenters. The normalized spacial score (nSPS) is 12.7. The number of rotatable bonds is 7. The van der Waals surface area contributed by atoms with Gasteiger partial charge in [-0.2, -0.15) is 0 Å². The lowest BCUT2D eigenvalue weighted by molar-refractivity contribution is -0.122. The van der Waals surface area contributed by atoms with Gasteiger partial charge in [0.15, 0.2) is 0 Å². The summed E-state index contributed by atoms with van der Waals surface area (Å²) in [5.74, 6) is 1.65. The number of furan rings is 1. The molecule has 0 saturated heterocycles. The number of hydrogen-bond donors (Lipinski definition) is 2. The predicted molar refractivity (Wildman–Crippen MR) is 67.2 cm³/mol. The SMILES string of the molecule is CC(C)C[C@H](CN)CC(=O)NCc1ccco1. The molecule has 1 heterocycles. The van der Waals surface area contributed by atoms with Crippen LogP contribution < -0.4 is 11.1 Å². The van der Waals surface area contributed by atoms with Crippen molar-refractivity contribution in [3.8, 4) is 0 Å². The molecule has 0 fully saturated rings. The van der Waals surface area contributed by atoms with Crippen molar-refractivity contribution in [3.05, 3.63) is 24.2 Å². The van der Waals surface area contributed by atoms with Gasteiger partial charge in [-0.15, -0.1) is 0 Å². The van der Waals surface area contributed by atoms with E-state index < -0.39 is 0 Å². The summed E-state index contributed by atoms with van der Waals surface area (Å²) in [5, 5.41) is 2.83. The second kappa shape index (κ2) is 7.12. The molecule has 3 N–H and O–H groups in total. The minimum absolute atomic E-state index is 0.0394. The van der Waals surface area contributed by atoms with E-state index in [1.165, 1.54) is 0 Å². The molecule has 4 heteroatoms. The lowest BCUT2D eigenvalue weighted by Gasteiger charge is -2.16. The molecule has 96 valence electrons. The lowest BCUT2D eigenvalue weighted by atomic mass is 9.94. The Hall–Kier alpha value is -1.29. The molecule has 0 spiro atoms. The molecule has 0 saturated carbocycles. The zero-order chi connectivity index (χ0) is 12.7. The first-order valence-corrected chi connectivity index (χ1v) is 6.11. The van der Waals surface area contributed by atoms with E-state index in [1.807, 2.05) is 12.1 Å². The van der Waals surface area contributed by atoms with Gasteiger partial charge in [0, 0.05) is 6.42 Å². The number of carbonyl (C=O) groups is 1. The fourth-order valence-corrected chi connectivity index (χ4v) is 1.86. The second-order valence-corrected chi connectivity index (χ2v) is 4.79. The van der Waals surface area contributed by atoms with Crippen molar-refractivity contribution in [2.75, 3.05) is 6.54 Å². The summed E-state index contributed by atoms with van der Waals surface area (Å²) < 4.78 is 5.14. The average molecular weight is 238 g/mol. The first kappa shape index (κ1) is 13.8. The van der Waals surface area contributed by atoms with Gasteiger partial charge in [-0.25, -0.2) is 0 Å². The van der Waals surface area contributed by atoms with Crippen molar-refractivity contribution < 1.29 is 9.21 Å². The van der Waals surface area contributed by atoms with E-state index in [9.17, 15) is 4.79 Å². The summed E-state index contributed by atoms with van der Waals surface area (Å²) in [6, 6.07) is 3.65. The Morgan fingerprint density at radius 1 is 1.53 bits per heavy atom. The zero-order valence-electron chi connectivity index (χ0n) is 10.6. The molecule has 0 aliphatic carbocycles. The summed E-state index contributed by atoms with van der Waals surface area (Å²) in [6.45, 7) is 5.30. The fourth-order valence-electron chi connectivity index (χ4n) is 1.86. The average Bonchev–Trinajstić information content (AvgIpc) is 2.77. The number of nitrogens with two attached hydrogens (primary N) is 1. The van der Waals surface area contributed by atoms with Gasteiger partial charge in [0.05, 0.1) is 12.8 Å². The molecular formula is C13H22N2O2. The second-order valence-electron chi connectivity index (χ2n) is 4.79. The van der Waals surface area contributed by atoms with E-state index in [0.29, 0.717) is 25.4 Å². The van der Waals surface area contributed by atoms with Crippen LogP contribution in [0.5, 0.6) is 0 Å². The molecule has 1 amide bonds. The molecule has 1 aromatic rings. The van der Waals surface area contributed by atoms with Gasteiger partial charge in [0.2, 0.25) is 5.91 Å². The van der Waals surface area contributed by atoms with E-state index in [0.717, 1.165) is 12.2 Å². The summed E-state index contributed by atoms with van der Waals surface area (Å²) in [4.78, 5) is 11.7. The molecule has 1 aromatic heterocycles. The lowest BCUT2D eigenvalue weighted by Crippen LogP contribution is -2.28. The van der Waals surface area contributed by atoms with Crippen LogP contribution in [0.25, 0.3) is 0 Å². The molecule has 0 unspecified atom stereocenters. The smallest absolute Gasteiger partial charge is 0.220 e.